The molecule has 30 heavy (non-hydrogen) atoms. The zero-order valence-corrected chi connectivity index (χ0v) is 16.8. The Labute approximate surface area is 172 Å². The van der Waals surface area contributed by atoms with Crippen LogP contribution in [0.3, 0.4) is 0 Å². The van der Waals surface area contributed by atoms with Crippen LogP contribution < -0.4 is 9.80 Å². The fraction of sp³-hybridized carbons (Fsp3) is 0.350. The minimum absolute atomic E-state index is 0.566. The van der Waals surface area contributed by atoms with Crippen molar-refractivity contribution < 1.29 is 9.63 Å². The average molecular weight is 406 g/mol. The van der Waals surface area contributed by atoms with Crippen LogP contribution in [-0.2, 0) is 0 Å². The Morgan fingerprint density at radius 3 is 2.43 bits per heavy atom. The number of nitrogens with zero attached hydrogens (tertiary/aromatic N) is 8. The van der Waals surface area contributed by atoms with Crippen LogP contribution >= 0.6 is 0 Å². The number of hydrogen-bond donors (Lipinski definition) is 1. The van der Waals surface area contributed by atoms with Crippen LogP contribution in [0.4, 0.5) is 11.8 Å². The first-order valence-corrected chi connectivity index (χ1v) is 9.85. The normalized spacial score (nSPS) is 15.7. The molecule has 10 heteroatoms. The lowest BCUT2D eigenvalue weighted by Gasteiger charge is -2.35. The fourth-order valence-electron chi connectivity index (χ4n) is 3.63. The highest BCUT2D eigenvalue weighted by Crippen LogP contribution is 2.27. The van der Waals surface area contributed by atoms with Gasteiger partial charge < -0.3 is 19.4 Å². The van der Waals surface area contributed by atoms with Gasteiger partial charge in [0.1, 0.15) is 23.3 Å². The van der Waals surface area contributed by atoms with E-state index in [0.717, 1.165) is 54.5 Å². The Balaban J connectivity index is 1.35. The minimum atomic E-state index is -0.566. The highest BCUT2D eigenvalue weighted by molar-refractivity contribution is 5.76. The van der Waals surface area contributed by atoms with Crippen molar-refractivity contribution in [3.05, 3.63) is 48.4 Å². The lowest BCUT2D eigenvalue weighted by molar-refractivity contribution is 0.198. The topological polar surface area (TPSA) is 109 Å². The van der Waals surface area contributed by atoms with Crippen molar-refractivity contribution in [2.75, 3.05) is 36.0 Å². The van der Waals surface area contributed by atoms with E-state index in [4.69, 9.17) is 4.52 Å². The van der Waals surface area contributed by atoms with Crippen molar-refractivity contribution >= 4 is 17.3 Å². The van der Waals surface area contributed by atoms with E-state index in [9.17, 15) is 5.11 Å². The van der Waals surface area contributed by atoms with Gasteiger partial charge in [-0.05, 0) is 19.9 Å². The molecule has 154 valence electrons. The summed E-state index contributed by atoms with van der Waals surface area (Å²) < 4.78 is 7.02. The van der Waals surface area contributed by atoms with Gasteiger partial charge in [0.25, 0.3) is 0 Å². The number of aromatic nitrogens is 6. The van der Waals surface area contributed by atoms with Crippen molar-refractivity contribution in [3.63, 3.8) is 0 Å². The maximum Gasteiger partial charge on any atom is 0.225 e. The highest BCUT2D eigenvalue weighted by atomic mass is 16.5. The molecule has 1 N–H and O–H groups in total. The van der Waals surface area contributed by atoms with E-state index in [1.54, 1.807) is 25.6 Å². The minimum Gasteiger partial charge on any atom is -0.389 e. The molecule has 0 amide bonds. The number of hydrogen-bond acceptors (Lipinski definition) is 9. The Bertz CT molecular complexity index is 1160. The van der Waals surface area contributed by atoms with E-state index < -0.39 is 6.10 Å². The largest absolute Gasteiger partial charge is 0.389 e. The van der Waals surface area contributed by atoms with Gasteiger partial charge in [0.15, 0.2) is 5.82 Å². The second kappa shape index (κ2) is 7.38. The molecule has 1 saturated heterocycles. The van der Waals surface area contributed by atoms with E-state index >= 15 is 0 Å². The third-order valence-corrected chi connectivity index (χ3v) is 5.31. The summed E-state index contributed by atoms with van der Waals surface area (Å²) >= 11 is 0. The quantitative estimate of drug-likeness (QED) is 0.543. The summed E-state index contributed by atoms with van der Waals surface area (Å²) in [6.07, 6.45) is 6.31. The number of aryl methyl sites for hydroxylation is 1. The summed E-state index contributed by atoms with van der Waals surface area (Å²) in [6.45, 7) is 6.71. The summed E-state index contributed by atoms with van der Waals surface area (Å²) in [5.74, 6) is 2.34. The van der Waals surface area contributed by atoms with Gasteiger partial charge in [0.05, 0.1) is 6.10 Å². The fourth-order valence-corrected chi connectivity index (χ4v) is 3.63. The van der Waals surface area contributed by atoms with Gasteiger partial charge in [0.2, 0.25) is 5.95 Å². The molecule has 4 aromatic heterocycles. The van der Waals surface area contributed by atoms with E-state index in [-0.39, 0.29) is 0 Å². The van der Waals surface area contributed by atoms with Crippen molar-refractivity contribution in [1.82, 2.24) is 29.7 Å². The van der Waals surface area contributed by atoms with Gasteiger partial charge in [-0.25, -0.2) is 19.5 Å². The smallest absolute Gasteiger partial charge is 0.225 e. The third-order valence-electron chi connectivity index (χ3n) is 5.31. The maximum atomic E-state index is 9.62. The average Bonchev–Trinajstić information content (AvgIpc) is 3.40. The first kappa shape index (κ1) is 18.5. The van der Waals surface area contributed by atoms with E-state index in [0.29, 0.717) is 11.5 Å². The molecular formula is C20H22N8O2. The molecule has 1 unspecified atom stereocenters. The Morgan fingerprint density at radius 1 is 1.03 bits per heavy atom. The number of rotatable bonds is 4. The SMILES string of the molecule is Cc1cc(-c2cc3c(N4CCN(c5ncc(C(C)O)cn5)CC4)ncnn3c2)no1. The van der Waals surface area contributed by atoms with Crippen LogP contribution in [0, 0.1) is 6.92 Å². The molecule has 5 rings (SSSR count). The van der Waals surface area contributed by atoms with Gasteiger partial charge in [-0.3, -0.25) is 0 Å². The second-order valence-corrected chi connectivity index (χ2v) is 7.43. The molecule has 0 saturated carbocycles. The van der Waals surface area contributed by atoms with Gasteiger partial charge in [-0.1, -0.05) is 5.16 Å². The molecule has 1 atom stereocenters. The van der Waals surface area contributed by atoms with Crippen molar-refractivity contribution in [2.24, 2.45) is 0 Å². The van der Waals surface area contributed by atoms with Gasteiger partial charge >= 0.3 is 0 Å². The van der Waals surface area contributed by atoms with Crippen LogP contribution in [0.5, 0.6) is 0 Å². The lowest BCUT2D eigenvalue weighted by atomic mass is 10.2. The van der Waals surface area contributed by atoms with E-state index in [2.05, 4.69) is 35.0 Å². The summed E-state index contributed by atoms with van der Waals surface area (Å²) in [6, 6.07) is 3.94. The standard InChI is InChI=1S/C20H22N8O2/c1-13-7-17(25-30-13)15-8-18-19(23-12-24-28(18)11-15)26-3-5-27(6-4-26)20-21-9-16(10-22-20)14(2)29/h7-12,14,29H,3-6H2,1-2H3. The van der Waals surface area contributed by atoms with E-state index in [1.807, 2.05) is 29.8 Å². The Morgan fingerprint density at radius 2 is 1.77 bits per heavy atom. The van der Waals surface area contributed by atoms with Crippen molar-refractivity contribution in [1.29, 1.82) is 0 Å². The van der Waals surface area contributed by atoms with Crippen LogP contribution in [0.25, 0.3) is 16.8 Å². The zero-order chi connectivity index (χ0) is 20.7. The number of aliphatic hydroxyl groups excluding tert-OH is 1. The molecule has 5 heterocycles. The van der Waals surface area contributed by atoms with Gasteiger partial charge in [-0.15, -0.1) is 0 Å². The zero-order valence-electron chi connectivity index (χ0n) is 16.8. The molecule has 0 bridgehead atoms. The number of piperazine rings is 1. The summed E-state index contributed by atoms with van der Waals surface area (Å²) in [7, 11) is 0. The lowest BCUT2D eigenvalue weighted by Crippen LogP contribution is -2.47. The van der Waals surface area contributed by atoms with E-state index in [1.165, 1.54) is 0 Å². The molecule has 4 aromatic rings. The number of aliphatic hydroxyl groups is 1. The molecule has 0 spiro atoms. The molecule has 1 aliphatic rings. The molecule has 1 aliphatic heterocycles. The second-order valence-electron chi connectivity index (χ2n) is 7.43. The molecule has 10 nitrogen and oxygen atoms in total. The first-order valence-electron chi connectivity index (χ1n) is 9.85. The summed E-state index contributed by atoms with van der Waals surface area (Å²) in [5.41, 5.74) is 3.37. The predicted octanol–water partition coefficient (Wildman–Crippen LogP) is 1.86. The number of anilines is 2. The molecule has 0 aromatic carbocycles. The maximum absolute atomic E-state index is 9.62. The predicted molar refractivity (Wildman–Crippen MR) is 110 cm³/mol. The Kier molecular flexibility index (Phi) is 4.55. The van der Waals surface area contributed by atoms with Crippen LogP contribution in [0.1, 0.15) is 24.4 Å². The van der Waals surface area contributed by atoms with Gasteiger partial charge in [0, 0.05) is 62.0 Å². The third kappa shape index (κ3) is 3.35. The van der Waals surface area contributed by atoms with Gasteiger partial charge in [-0.2, -0.15) is 5.10 Å². The summed E-state index contributed by atoms with van der Waals surface area (Å²) in [4.78, 5) is 17.7. The van der Waals surface area contributed by atoms with Crippen LogP contribution in [0.2, 0.25) is 0 Å². The van der Waals surface area contributed by atoms with Crippen LogP contribution in [0.15, 0.2) is 41.6 Å². The molecular weight excluding hydrogens is 384 g/mol. The molecule has 1 fully saturated rings. The highest BCUT2D eigenvalue weighted by Gasteiger charge is 2.22. The molecule has 0 radical (unpaired) electrons. The van der Waals surface area contributed by atoms with Crippen molar-refractivity contribution in [3.8, 4) is 11.3 Å². The monoisotopic (exact) mass is 406 g/mol. The number of fused-ring (bicyclic) bond motifs is 1. The Hall–Kier alpha value is -3.53. The van der Waals surface area contributed by atoms with Crippen LogP contribution in [-0.4, -0.2) is 61.0 Å². The van der Waals surface area contributed by atoms with Crippen molar-refractivity contribution in [2.45, 2.75) is 20.0 Å². The summed E-state index contributed by atoms with van der Waals surface area (Å²) in [5, 5.41) is 18.1. The first-order chi connectivity index (χ1) is 14.6. The molecule has 0 aliphatic carbocycles.